The molecule has 0 aliphatic heterocycles. The van der Waals surface area contributed by atoms with Gasteiger partial charge in [-0.3, -0.25) is 4.79 Å². The fraction of sp³-hybridized carbons (Fsp3) is 0.355. The van der Waals surface area contributed by atoms with E-state index in [2.05, 4.69) is 0 Å². The first-order valence-corrected chi connectivity index (χ1v) is 12.7. The summed E-state index contributed by atoms with van der Waals surface area (Å²) in [4.78, 5) is 22.8. The molecule has 0 amide bonds. The van der Waals surface area contributed by atoms with Gasteiger partial charge in [-0.15, -0.1) is 0 Å². The summed E-state index contributed by atoms with van der Waals surface area (Å²) in [5, 5.41) is 8.60. The Morgan fingerprint density at radius 2 is 1.47 bits per heavy atom. The fourth-order valence-corrected chi connectivity index (χ4v) is 4.37. The Hall–Kier alpha value is -4.00. The number of hydrogen-bond donors (Lipinski definition) is 1. The minimum absolute atomic E-state index is 0.119. The Balaban J connectivity index is 0.000000327. The summed E-state index contributed by atoms with van der Waals surface area (Å²) in [6.07, 6.45) is 3.49. The summed E-state index contributed by atoms with van der Waals surface area (Å²) in [7, 11) is 6.33. The van der Waals surface area contributed by atoms with E-state index in [1.165, 1.54) is 7.11 Å². The van der Waals surface area contributed by atoms with Gasteiger partial charge in [-0.1, -0.05) is 39.0 Å². The second-order valence-corrected chi connectivity index (χ2v) is 8.24. The topological polar surface area (TPSA) is 91.3 Å². The first kappa shape index (κ1) is 30.2. The van der Waals surface area contributed by atoms with Gasteiger partial charge in [0.2, 0.25) is 11.2 Å². The van der Waals surface area contributed by atoms with Crippen molar-refractivity contribution in [3.8, 4) is 34.1 Å². The molecule has 0 fully saturated rings. The predicted octanol–water partition coefficient (Wildman–Crippen LogP) is 6.21. The molecule has 0 radical (unpaired) electrons. The van der Waals surface area contributed by atoms with Crippen LogP contribution >= 0.6 is 0 Å². The smallest absolute Gasteiger partial charge is 0.335 e. The zero-order chi connectivity index (χ0) is 28.2. The third-order valence-electron chi connectivity index (χ3n) is 6.17. The largest absolute Gasteiger partial charge is 0.493 e. The summed E-state index contributed by atoms with van der Waals surface area (Å²) in [6, 6.07) is 14.3. The zero-order valence-electron chi connectivity index (χ0n) is 23.3. The van der Waals surface area contributed by atoms with Crippen molar-refractivity contribution >= 4 is 5.97 Å². The van der Waals surface area contributed by atoms with E-state index in [1.807, 2.05) is 39.0 Å². The van der Waals surface area contributed by atoms with Gasteiger partial charge >= 0.3 is 5.97 Å². The van der Waals surface area contributed by atoms with Gasteiger partial charge in [0.25, 0.3) is 0 Å². The second-order valence-electron chi connectivity index (χ2n) is 8.24. The highest BCUT2D eigenvalue weighted by atomic mass is 16.5. The number of aromatic carboxylic acids is 1. The molecule has 0 aromatic heterocycles. The van der Waals surface area contributed by atoms with Crippen LogP contribution in [0.15, 0.2) is 53.3 Å². The zero-order valence-corrected chi connectivity index (χ0v) is 23.3. The van der Waals surface area contributed by atoms with Crippen LogP contribution in [0.4, 0.5) is 0 Å². The van der Waals surface area contributed by atoms with Crippen LogP contribution in [0.2, 0.25) is 0 Å². The molecule has 204 valence electrons. The molecule has 4 rings (SSSR count). The van der Waals surface area contributed by atoms with Gasteiger partial charge in [0.15, 0.2) is 17.2 Å². The van der Waals surface area contributed by atoms with Crippen molar-refractivity contribution in [1.29, 1.82) is 0 Å². The Kier molecular flexibility index (Phi) is 11.7. The number of carbonyl (C=O) groups is 1. The predicted molar refractivity (Wildman–Crippen MR) is 151 cm³/mol. The Morgan fingerprint density at radius 3 is 2.05 bits per heavy atom. The number of methoxy groups -OCH3 is 4. The molecule has 3 aromatic rings. The minimum atomic E-state index is -0.861. The normalized spacial score (nSPS) is 11.1. The number of carboxylic acid groups (broad SMARTS) is 1. The van der Waals surface area contributed by atoms with Crippen LogP contribution in [-0.2, 0) is 19.3 Å². The number of carboxylic acids is 1. The van der Waals surface area contributed by atoms with Crippen LogP contribution in [0.3, 0.4) is 0 Å². The summed E-state index contributed by atoms with van der Waals surface area (Å²) < 4.78 is 21.9. The van der Waals surface area contributed by atoms with Gasteiger partial charge < -0.3 is 24.1 Å². The number of benzene rings is 2. The van der Waals surface area contributed by atoms with E-state index >= 15 is 0 Å². The SMILES string of the molecule is CC.CCc1cccc(C(=O)O)c1.COc1cc2c(c(OC)c1OC)-c1ccc(OC)c(=O)cc1CCC2. The van der Waals surface area contributed by atoms with Crippen LogP contribution in [0.25, 0.3) is 11.1 Å². The Labute approximate surface area is 225 Å². The number of hydrogen-bond acceptors (Lipinski definition) is 6. The number of ether oxygens (including phenoxy) is 4. The van der Waals surface area contributed by atoms with Crippen molar-refractivity contribution in [2.24, 2.45) is 0 Å². The van der Waals surface area contributed by atoms with E-state index in [9.17, 15) is 9.59 Å². The van der Waals surface area contributed by atoms with Crippen LogP contribution in [0.1, 0.15) is 54.2 Å². The van der Waals surface area contributed by atoms with E-state index in [0.717, 1.165) is 53.5 Å². The lowest BCUT2D eigenvalue weighted by Gasteiger charge is -2.19. The first-order chi connectivity index (χ1) is 18.4. The summed E-state index contributed by atoms with van der Waals surface area (Å²) in [6.45, 7) is 6.00. The average Bonchev–Trinajstić information content (AvgIpc) is 3.21. The van der Waals surface area contributed by atoms with Gasteiger partial charge in [-0.25, -0.2) is 4.79 Å². The quantitative estimate of drug-likeness (QED) is 0.411. The molecule has 0 bridgehead atoms. The molecular weight excluding hydrogens is 484 g/mol. The van der Waals surface area contributed by atoms with Crippen LogP contribution in [-0.4, -0.2) is 39.5 Å². The molecular formula is C31H38O7. The molecule has 7 heteroatoms. The molecule has 7 nitrogen and oxygen atoms in total. The molecule has 0 saturated carbocycles. The molecule has 1 N–H and O–H groups in total. The maximum atomic E-state index is 12.3. The third kappa shape index (κ3) is 6.85. The summed E-state index contributed by atoms with van der Waals surface area (Å²) in [5.74, 6) is 1.29. The molecule has 0 unspecified atom stereocenters. The van der Waals surface area contributed by atoms with E-state index in [1.54, 1.807) is 51.7 Å². The lowest BCUT2D eigenvalue weighted by Crippen LogP contribution is -2.01. The maximum absolute atomic E-state index is 12.3. The van der Waals surface area contributed by atoms with Gasteiger partial charge in [0, 0.05) is 5.56 Å². The average molecular weight is 523 g/mol. The van der Waals surface area contributed by atoms with Crippen molar-refractivity contribution in [3.63, 3.8) is 0 Å². The fourth-order valence-electron chi connectivity index (χ4n) is 4.37. The third-order valence-corrected chi connectivity index (χ3v) is 6.17. The lowest BCUT2D eigenvalue weighted by molar-refractivity contribution is 0.0696. The van der Waals surface area contributed by atoms with Crippen LogP contribution in [0, 0.1) is 0 Å². The van der Waals surface area contributed by atoms with Crippen LogP contribution < -0.4 is 24.4 Å². The van der Waals surface area contributed by atoms with E-state index in [-0.39, 0.29) is 5.43 Å². The van der Waals surface area contributed by atoms with Crippen molar-refractivity contribution in [2.45, 2.75) is 46.5 Å². The molecule has 1 aliphatic carbocycles. The summed E-state index contributed by atoms with van der Waals surface area (Å²) >= 11 is 0. The van der Waals surface area contributed by atoms with Crippen LogP contribution in [0.5, 0.6) is 23.0 Å². The van der Waals surface area contributed by atoms with Gasteiger partial charge in [0.1, 0.15) is 0 Å². The lowest BCUT2D eigenvalue weighted by atomic mass is 9.96. The molecule has 0 heterocycles. The van der Waals surface area contributed by atoms with Gasteiger partial charge in [-0.2, -0.15) is 0 Å². The molecule has 3 aromatic carbocycles. The van der Waals surface area contributed by atoms with Crippen molar-refractivity contribution in [2.75, 3.05) is 28.4 Å². The van der Waals surface area contributed by atoms with Crippen molar-refractivity contribution < 1.29 is 28.8 Å². The highest BCUT2D eigenvalue weighted by Crippen LogP contribution is 2.48. The van der Waals surface area contributed by atoms with E-state index < -0.39 is 5.97 Å². The molecule has 0 spiro atoms. The Bertz CT molecular complexity index is 1300. The minimum Gasteiger partial charge on any atom is -0.493 e. The highest BCUT2D eigenvalue weighted by Gasteiger charge is 2.25. The van der Waals surface area contributed by atoms with Gasteiger partial charge in [-0.05, 0) is 78.3 Å². The van der Waals surface area contributed by atoms with Gasteiger partial charge in [0.05, 0.1) is 34.0 Å². The highest BCUT2D eigenvalue weighted by molar-refractivity contribution is 5.87. The van der Waals surface area contributed by atoms with E-state index in [4.69, 9.17) is 24.1 Å². The maximum Gasteiger partial charge on any atom is 0.335 e. The molecule has 38 heavy (non-hydrogen) atoms. The van der Waals surface area contributed by atoms with E-state index in [0.29, 0.717) is 28.6 Å². The van der Waals surface area contributed by atoms with Crippen molar-refractivity contribution in [1.82, 2.24) is 0 Å². The first-order valence-electron chi connectivity index (χ1n) is 12.7. The second kappa shape index (κ2) is 14.7. The summed E-state index contributed by atoms with van der Waals surface area (Å²) in [5.41, 5.74) is 5.32. The number of rotatable bonds is 6. The van der Waals surface area contributed by atoms with Crippen molar-refractivity contribution in [3.05, 3.63) is 81.0 Å². The molecule has 0 atom stereocenters. The monoisotopic (exact) mass is 522 g/mol. The Morgan fingerprint density at radius 1 is 0.816 bits per heavy atom. The number of fused-ring (bicyclic) bond motifs is 3. The number of aryl methyl sites for hydroxylation is 3. The molecule has 1 aliphatic rings. The standard InChI is InChI=1S/C20H22O5.C9H10O2.C2H6/c1-22-16-9-8-14-12(10-15(16)21)6-5-7-13-11-17(23-2)19(24-3)20(25-4)18(13)14;1-2-7-4-3-5-8(6-7)9(10)11;1-2/h8-11H,5-7H2,1-4H3;3-6H,2H2,1H3,(H,10,11);1-2H3. The molecule has 0 saturated heterocycles.